The minimum atomic E-state index is -0.461. The minimum Gasteiger partial charge on any atom is -0.283 e. The topological polar surface area (TPSA) is 76.3 Å². The molecule has 0 unspecified atom stereocenters. The predicted molar refractivity (Wildman–Crippen MR) is 110 cm³/mol. The van der Waals surface area contributed by atoms with Gasteiger partial charge >= 0.3 is 5.91 Å². The molecule has 0 spiro atoms. The zero-order valence-corrected chi connectivity index (χ0v) is 15.6. The predicted octanol–water partition coefficient (Wildman–Crippen LogP) is 3.49. The highest BCUT2D eigenvalue weighted by Gasteiger charge is 2.18. The minimum absolute atomic E-state index is 0.0766. The van der Waals surface area contributed by atoms with Gasteiger partial charge in [0.2, 0.25) is 5.82 Å². The second-order valence-corrected chi connectivity index (χ2v) is 7.01. The standard InChI is InChI=1S/C22H22N4O2/c27-21(25-24-17-11-5-2-6-12-17)20-23-19-14-8-7-13-18(19)22(28)26(20)15-16-9-3-1-4-10-16/h1,3-4,7-10,13-14H,2,5-6,11-12,15H2,(H,25,27). The van der Waals surface area contributed by atoms with Crippen molar-refractivity contribution in [2.24, 2.45) is 5.10 Å². The SMILES string of the molecule is O=C(NN=C1CCCCC1)c1nc2ccccc2c(=O)n1Cc1ccccc1. The van der Waals surface area contributed by atoms with Gasteiger partial charge in [0.25, 0.3) is 5.56 Å². The normalized spacial score (nSPS) is 14.1. The third-order valence-electron chi connectivity index (χ3n) is 4.99. The van der Waals surface area contributed by atoms with E-state index in [2.05, 4.69) is 15.5 Å². The molecule has 1 saturated carbocycles. The fraction of sp³-hybridized carbons (Fsp3) is 0.273. The first kappa shape index (κ1) is 18.1. The Morgan fingerprint density at radius 3 is 2.50 bits per heavy atom. The molecule has 1 heterocycles. The quantitative estimate of drug-likeness (QED) is 0.710. The van der Waals surface area contributed by atoms with Gasteiger partial charge in [0.1, 0.15) is 0 Å². The van der Waals surface area contributed by atoms with Crippen LogP contribution in [0.1, 0.15) is 48.3 Å². The van der Waals surface area contributed by atoms with Gasteiger partial charge in [0.15, 0.2) is 0 Å². The van der Waals surface area contributed by atoms with Gasteiger partial charge in [-0.15, -0.1) is 0 Å². The van der Waals surface area contributed by atoms with Crippen LogP contribution in [0.3, 0.4) is 0 Å². The van der Waals surface area contributed by atoms with E-state index >= 15 is 0 Å². The lowest BCUT2D eigenvalue weighted by atomic mass is 9.99. The van der Waals surface area contributed by atoms with Crippen molar-refractivity contribution >= 4 is 22.5 Å². The summed E-state index contributed by atoms with van der Waals surface area (Å²) in [5.41, 5.74) is 4.81. The van der Waals surface area contributed by atoms with E-state index in [-0.39, 0.29) is 17.9 Å². The molecule has 6 heteroatoms. The third-order valence-corrected chi connectivity index (χ3v) is 4.99. The summed E-state index contributed by atoms with van der Waals surface area (Å²) >= 11 is 0. The molecular weight excluding hydrogens is 352 g/mol. The lowest BCUT2D eigenvalue weighted by molar-refractivity contribution is 0.0939. The Labute approximate surface area is 162 Å². The number of carbonyl (C=O) groups is 1. The average Bonchev–Trinajstić information content (AvgIpc) is 2.75. The fourth-order valence-corrected chi connectivity index (χ4v) is 3.51. The van der Waals surface area contributed by atoms with Crippen molar-refractivity contribution in [3.8, 4) is 0 Å². The van der Waals surface area contributed by atoms with Gasteiger partial charge in [-0.3, -0.25) is 14.2 Å². The number of para-hydroxylation sites is 1. The number of amides is 1. The molecular formula is C22H22N4O2. The smallest absolute Gasteiger partial charge is 0.283 e. The van der Waals surface area contributed by atoms with Crippen molar-refractivity contribution in [2.45, 2.75) is 38.6 Å². The second kappa shape index (κ2) is 8.17. The van der Waals surface area contributed by atoms with E-state index in [0.717, 1.165) is 37.0 Å². The van der Waals surface area contributed by atoms with Crippen molar-refractivity contribution in [3.05, 3.63) is 76.3 Å². The van der Waals surface area contributed by atoms with Gasteiger partial charge in [0, 0.05) is 5.71 Å². The summed E-state index contributed by atoms with van der Waals surface area (Å²) in [5.74, 6) is -0.385. The average molecular weight is 374 g/mol. The highest BCUT2D eigenvalue weighted by Crippen LogP contribution is 2.14. The fourth-order valence-electron chi connectivity index (χ4n) is 3.51. The molecule has 3 aromatic rings. The number of rotatable bonds is 4. The Morgan fingerprint density at radius 2 is 1.71 bits per heavy atom. The summed E-state index contributed by atoms with van der Waals surface area (Å²) in [7, 11) is 0. The van der Waals surface area contributed by atoms with Crippen LogP contribution in [0.5, 0.6) is 0 Å². The number of fused-ring (bicyclic) bond motifs is 1. The van der Waals surface area contributed by atoms with Crippen LogP contribution in [0.2, 0.25) is 0 Å². The zero-order valence-electron chi connectivity index (χ0n) is 15.6. The van der Waals surface area contributed by atoms with E-state index < -0.39 is 5.91 Å². The van der Waals surface area contributed by atoms with E-state index in [1.54, 1.807) is 24.3 Å². The highest BCUT2D eigenvalue weighted by molar-refractivity contribution is 5.94. The number of hydrogen-bond acceptors (Lipinski definition) is 4. The molecule has 2 aromatic carbocycles. The Hall–Kier alpha value is -3.28. The molecule has 28 heavy (non-hydrogen) atoms. The van der Waals surface area contributed by atoms with Crippen LogP contribution in [0.4, 0.5) is 0 Å². The highest BCUT2D eigenvalue weighted by atomic mass is 16.2. The molecule has 0 saturated heterocycles. The monoisotopic (exact) mass is 374 g/mol. The van der Waals surface area contributed by atoms with E-state index in [1.807, 2.05) is 30.3 Å². The Kier molecular flexibility index (Phi) is 5.28. The van der Waals surface area contributed by atoms with Crippen molar-refractivity contribution in [1.82, 2.24) is 15.0 Å². The summed E-state index contributed by atoms with van der Waals surface area (Å²) in [6, 6.07) is 16.7. The van der Waals surface area contributed by atoms with Crippen molar-refractivity contribution in [1.29, 1.82) is 0 Å². The maximum absolute atomic E-state index is 13.1. The lowest BCUT2D eigenvalue weighted by Crippen LogP contribution is -2.33. The number of aromatic nitrogens is 2. The molecule has 0 radical (unpaired) electrons. The Morgan fingerprint density at radius 1 is 1.00 bits per heavy atom. The molecule has 1 amide bonds. The van der Waals surface area contributed by atoms with E-state index in [9.17, 15) is 9.59 Å². The second-order valence-electron chi connectivity index (χ2n) is 7.01. The van der Waals surface area contributed by atoms with Gasteiger partial charge in [-0.1, -0.05) is 48.9 Å². The molecule has 1 fully saturated rings. The van der Waals surface area contributed by atoms with E-state index in [1.165, 1.54) is 11.0 Å². The molecule has 0 bridgehead atoms. The summed E-state index contributed by atoms with van der Waals surface area (Å²) in [6.45, 7) is 0.275. The third kappa shape index (κ3) is 3.86. The van der Waals surface area contributed by atoms with Gasteiger partial charge in [-0.05, 0) is 43.4 Å². The van der Waals surface area contributed by atoms with Gasteiger partial charge in [0.05, 0.1) is 17.4 Å². The van der Waals surface area contributed by atoms with Crippen LogP contribution >= 0.6 is 0 Å². The molecule has 1 aromatic heterocycles. The summed E-state index contributed by atoms with van der Waals surface area (Å²) in [5, 5.41) is 4.77. The zero-order chi connectivity index (χ0) is 19.3. The molecule has 6 nitrogen and oxygen atoms in total. The first-order chi connectivity index (χ1) is 13.7. The van der Waals surface area contributed by atoms with Crippen molar-refractivity contribution in [3.63, 3.8) is 0 Å². The van der Waals surface area contributed by atoms with E-state index in [4.69, 9.17) is 0 Å². The summed E-state index contributed by atoms with van der Waals surface area (Å²) < 4.78 is 1.42. The molecule has 142 valence electrons. The van der Waals surface area contributed by atoms with Crippen LogP contribution in [0.25, 0.3) is 10.9 Å². The number of carbonyl (C=O) groups excluding carboxylic acids is 1. The number of hydrogen-bond donors (Lipinski definition) is 1. The van der Waals surface area contributed by atoms with Crippen LogP contribution in [-0.2, 0) is 6.54 Å². The Bertz CT molecular complexity index is 1080. The first-order valence-corrected chi connectivity index (χ1v) is 9.61. The molecule has 0 aliphatic heterocycles. The maximum Gasteiger partial charge on any atom is 0.307 e. The maximum atomic E-state index is 13.1. The summed E-state index contributed by atoms with van der Waals surface area (Å²) in [4.78, 5) is 30.4. The van der Waals surface area contributed by atoms with Crippen LogP contribution < -0.4 is 11.0 Å². The molecule has 4 rings (SSSR count). The molecule has 1 N–H and O–H groups in total. The number of nitrogens with one attached hydrogen (secondary N) is 1. The van der Waals surface area contributed by atoms with Gasteiger partial charge in [-0.25, -0.2) is 10.4 Å². The van der Waals surface area contributed by atoms with E-state index in [0.29, 0.717) is 10.9 Å². The van der Waals surface area contributed by atoms with Crippen LogP contribution in [0, 0.1) is 0 Å². The molecule has 0 atom stereocenters. The van der Waals surface area contributed by atoms with Gasteiger partial charge < -0.3 is 0 Å². The largest absolute Gasteiger partial charge is 0.307 e. The number of benzene rings is 2. The lowest BCUT2D eigenvalue weighted by Gasteiger charge is -2.14. The summed E-state index contributed by atoms with van der Waals surface area (Å²) in [6.07, 6.45) is 5.21. The first-order valence-electron chi connectivity index (χ1n) is 9.61. The number of nitrogens with zero attached hydrogens (tertiary/aromatic N) is 3. The Balaban J connectivity index is 1.73. The van der Waals surface area contributed by atoms with Gasteiger partial charge in [-0.2, -0.15) is 5.10 Å². The van der Waals surface area contributed by atoms with Crippen LogP contribution in [0.15, 0.2) is 64.5 Å². The van der Waals surface area contributed by atoms with Crippen LogP contribution in [-0.4, -0.2) is 21.2 Å². The molecule has 1 aliphatic carbocycles. The van der Waals surface area contributed by atoms with Crippen molar-refractivity contribution in [2.75, 3.05) is 0 Å². The van der Waals surface area contributed by atoms with Crippen molar-refractivity contribution < 1.29 is 4.79 Å². The number of hydrazone groups is 1. The molecule has 1 aliphatic rings.